The molecule has 0 unspecified atom stereocenters. The molecule has 1 aliphatic rings. The summed E-state index contributed by atoms with van der Waals surface area (Å²) in [6, 6.07) is 21.7. The Morgan fingerprint density at radius 3 is 2.46 bits per heavy atom. The number of thiophene rings is 1. The van der Waals surface area contributed by atoms with Crippen molar-refractivity contribution in [3.05, 3.63) is 72.1 Å². The van der Waals surface area contributed by atoms with Gasteiger partial charge in [0.05, 0.1) is 16.3 Å². The predicted molar refractivity (Wildman–Crippen MR) is 109 cm³/mol. The fourth-order valence-electron chi connectivity index (χ4n) is 3.51. The zero-order chi connectivity index (χ0) is 16.3. The summed E-state index contributed by atoms with van der Waals surface area (Å²) in [4.78, 5) is 6.04. The first kappa shape index (κ1) is 14.1. The molecule has 0 amide bonds. The van der Waals surface area contributed by atoms with E-state index >= 15 is 0 Å². The fraction of sp³-hybridized carbons (Fsp3) is 0.0476. The number of hydrogen-bond donors (Lipinski definition) is 0. The zero-order valence-corrected chi connectivity index (χ0v) is 14.9. The topological polar surface area (TPSA) is 3.24 Å². The number of fused-ring (bicyclic) bond motifs is 6. The lowest BCUT2D eigenvalue weighted by molar-refractivity contribution is 1.20. The van der Waals surface area contributed by atoms with Crippen LogP contribution in [0.1, 0.15) is 4.88 Å². The monoisotopic (exact) mass is 345 g/mol. The highest BCUT2D eigenvalue weighted by molar-refractivity contribution is 8.08. The summed E-state index contributed by atoms with van der Waals surface area (Å²) >= 11 is 3.62. The fourth-order valence-corrected chi connectivity index (χ4v) is 5.79. The van der Waals surface area contributed by atoms with Gasteiger partial charge in [0, 0.05) is 32.3 Å². The van der Waals surface area contributed by atoms with Crippen LogP contribution in [0.5, 0.6) is 0 Å². The summed E-state index contributed by atoms with van der Waals surface area (Å²) in [6.45, 7) is 4.37. The smallest absolute Gasteiger partial charge is 0.0683 e. The van der Waals surface area contributed by atoms with Gasteiger partial charge >= 0.3 is 0 Å². The highest BCUT2D eigenvalue weighted by Crippen LogP contribution is 2.54. The third-order valence-corrected chi connectivity index (χ3v) is 6.94. The van der Waals surface area contributed by atoms with Crippen molar-refractivity contribution in [2.45, 2.75) is 4.90 Å². The molecule has 0 saturated heterocycles. The lowest BCUT2D eigenvalue weighted by atomic mass is 10.1. The normalized spacial score (nSPS) is 13.9. The lowest BCUT2D eigenvalue weighted by Gasteiger charge is -2.22. The summed E-state index contributed by atoms with van der Waals surface area (Å²) in [6.07, 6.45) is 0. The predicted octanol–water partition coefficient (Wildman–Crippen LogP) is 6.90. The number of nitrogens with zero attached hydrogens (tertiary/aromatic N) is 1. The average molecular weight is 345 g/mol. The molecule has 4 aromatic rings. The molecule has 1 aliphatic heterocycles. The molecule has 3 aromatic carbocycles. The maximum Gasteiger partial charge on any atom is 0.0683 e. The maximum atomic E-state index is 4.37. The van der Waals surface area contributed by atoms with Gasteiger partial charge in [0.15, 0.2) is 0 Å². The molecule has 0 bridgehead atoms. The highest BCUT2D eigenvalue weighted by atomic mass is 32.2. The number of rotatable bonds is 0. The van der Waals surface area contributed by atoms with E-state index in [2.05, 4.69) is 79.2 Å². The van der Waals surface area contributed by atoms with Crippen molar-refractivity contribution in [2.24, 2.45) is 0 Å². The second kappa shape index (κ2) is 5.13. The van der Waals surface area contributed by atoms with Crippen molar-refractivity contribution in [3.8, 4) is 0 Å². The SMILES string of the molecule is C=C1Sc2ccc3ccccc3c2N(C)c2c1sc1ccccc21. The first-order valence-electron chi connectivity index (χ1n) is 7.88. The van der Waals surface area contributed by atoms with Crippen LogP contribution in [0.4, 0.5) is 11.4 Å². The molecule has 2 heterocycles. The van der Waals surface area contributed by atoms with E-state index in [1.165, 1.54) is 42.0 Å². The zero-order valence-electron chi connectivity index (χ0n) is 13.2. The van der Waals surface area contributed by atoms with E-state index in [4.69, 9.17) is 0 Å². The number of hydrogen-bond acceptors (Lipinski definition) is 3. The highest BCUT2D eigenvalue weighted by Gasteiger charge is 2.26. The quantitative estimate of drug-likeness (QED) is 0.341. The van der Waals surface area contributed by atoms with Gasteiger partial charge in [-0.15, -0.1) is 11.3 Å². The van der Waals surface area contributed by atoms with E-state index in [9.17, 15) is 0 Å². The molecule has 0 N–H and O–H groups in total. The minimum atomic E-state index is 1.13. The Morgan fingerprint density at radius 1 is 0.833 bits per heavy atom. The van der Waals surface area contributed by atoms with Gasteiger partial charge in [-0.05, 0) is 17.5 Å². The van der Waals surface area contributed by atoms with Crippen LogP contribution in [0.25, 0.3) is 25.8 Å². The van der Waals surface area contributed by atoms with E-state index in [0.29, 0.717) is 0 Å². The molecule has 1 nitrogen and oxygen atoms in total. The first-order chi connectivity index (χ1) is 11.7. The molecule has 1 aromatic heterocycles. The van der Waals surface area contributed by atoms with Crippen molar-refractivity contribution in [1.82, 2.24) is 0 Å². The summed E-state index contributed by atoms with van der Waals surface area (Å²) < 4.78 is 1.32. The van der Waals surface area contributed by atoms with E-state index in [-0.39, 0.29) is 0 Å². The van der Waals surface area contributed by atoms with Crippen LogP contribution >= 0.6 is 23.1 Å². The van der Waals surface area contributed by atoms with Gasteiger partial charge in [0.2, 0.25) is 0 Å². The summed E-state index contributed by atoms with van der Waals surface area (Å²) in [7, 11) is 2.18. The molecule has 0 saturated carbocycles. The van der Waals surface area contributed by atoms with E-state index < -0.39 is 0 Å². The largest absolute Gasteiger partial charge is 0.341 e. The van der Waals surface area contributed by atoms with Crippen LogP contribution in [0.3, 0.4) is 0 Å². The Bertz CT molecular complexity index is 1120. The van der Waals surface area contributed by atoms with Crippen LogP contribution in [-0.2, 0) is 0 Å². The van der Waals surface area contributed by atoms with Crippen molar-refractivity contribution in [3.63, 3.8) is 0 Å². The van der Waals surface area contributed by atoms with Crippen molar-refractivity contribution < 1.29 is 0 Å². The summed E-state index contributed by atoms with van der Waals surface area (Å²) in [5, 5.41) is 3.88. The Hall–Kier alpha value is -2.23. The molecule has 5 rings (SSSR count). The van der Waals surface area contributed by atoms with Crippen molar-refractivity contribution in [2.75, 3.05) is 11.9 Å². The minimum absolute atomic E-state index is 1.13. The van der Waals surface area contributed by atoms with Crippen LogP contribution in [0.2, 0.25) is 0 Å². The van der Waals surface area contributed by atoms with Gasteiger partial charge in [-0.3, -0.25) is 0 Å². The van der Waals surface area contributed by atoms with E-state index in [1.54, 1.807) is 11.8 Å². The number of anilines is 2. The van der Waals surface area contributed by atoms with Crippen LogP contribution in [-0.4, -0.2) is 7.05 Å². The second-order valence-electron chi connectivity index (χ2n) is 5.99. The van der Waals surface area contributed by atoms with Gasteiger partial charge in [-0.25, -0.2) is 0 Å². The third kappa shape index (κ3) is 1.89. The minimum Gasteiger partial charge on any atom is -0.341 e. The Morgan fingerprint density at radius 2 is 1.58 bits per heavy atom. The molecule has 3 heteroatoms. The number of benzene rings is 3. The Labute approximate surface area is 149 Å². The molecule has 0 aliphatic carbocycles. The van der Waals surface area contributed by atoms with Crippen LogP contribution in [0.15, 0.2) is 72.1 Å². The summed E-state index contributed by atoms with van der Waals surface area (Å²) in [5.74, 6) is 0. The van der Waals surface area contributed by atoms with E-state index in [1.807, 2.05) is 11.3 Å². The van der Waals surface area contributed by atoms with Crippen molar-refractivity contribution in [1.29, 1.82) is 0 Å². The lowest BCUT2D eigenvalue weighted by Crippen LogP contribution is -2.10. The molecule has 0 fully saturated rings. The van der Waals surface area contributed by atoms with Gasteiger partial charge in [-0.1, -0.05) is 66.9 Å². The maximum absolute atomic E-state index is 4.37. The second-order valence-corrected chi connectivity index (χ2v) is 8.18. The van der Waals surface area contributed by atoms with Gasteiger partial charge < -0.3 is 4.90 Å². The molecule has 0 atom stereocenters. The third-order valence-electron chi connectivity index (χ3n) is 4.59. The molecular weight excluding hydrogens is 330 g/mol. The van der Waals surface area contributed by atoms with Crippen molar-refractivity contribution >= 4 is 60.2 Å². The standard InChI is InChI=1S/C21H15NS2/c1-13-21-20(16-9-5-6-10-17(16)24-21)22(2)19-15-8-4-3-7-14(15)11-12-18(19)23-13/h3-12H,1H2,2H3. The molecule has 24 heavy (non-hydrogen) atoms. The first-order valence-corrected chi connectivity index (χ1v) is 9.51. The summed E-state index contributed by atoms with van der Waals surface area (Å²) in [5.41, 5.74) is 2.56. The van der Waals surface area contributed by atoms with Crippen LogP contribution < -0.4 is 4.90 Å². The molecule has 116 valence electrons. The average Bonchev–Trinajstić information content (AvgIpc) is 2.96. The molecule has 0 spiro atoms. The molecule has 0 radical (unpaired) electrons. The number of thioether (sulfide) groups is 1. The van der Waals surface area contributed by atoms with E-state index in [0.717, 1.165) is 4.91 Å². The van der Waals surface area contributed by atoms with Gasteiger partial charge in [0.1, 0.15) is 0 Å². The Balaban J connectivity index is 1.90. The van der Waals surface area contributed by atoms with Gasteiger partial charge in [0.25, 0.3) is 0 Å². The van der Waals surface area contributed by atoms with Gasteiger partial charge in [-0.2, -0.15) is 0 Å². The Kier molecular flexibility index (Phi) is 3.02. The van der Waals surface area contributed by atoms with Crippen LogP contribution in [0, 0.1) is 0 Å². The molecular formula is C21H15NS2.